The van der Waals surface area contributed by atoms with Crippen molar-refractivity contribution in [1.29, 1.82) is 0 Å². The number of hydrogen-bond donors (Lipinski definition) is 4. The Balaban J connectivity index is 1.43. The van der Waals surface area contributed by atoms with Crippen LogP contribution >= 0.6 is 0 Å². The van der Waals surface area contributed by atoms with Gasteiger partial charge in [0, 0.05) is 30.0 Å². The maximum atomic E-state index is 13.1. The van der Waals surface area contributed by atoms with Gasteiger partial charge in [-0.05, 0) is 60.7 Å². The van der Waals surface area contributed by atoms with Gasteiger partial charge in [0.05, 0.1) is 16.8 Å². The number of nitrogens with one attached hydrogen (secondary N) is 2. The van der Waals surface area contributed by atoms with E-state index in [4.69, 9.17) is 0 Å². The van der Waals surface area contributed by atoms with E-state index in [1.165, 1.54) is 18.3 Å². The lowest BCUT2D eigenvalue weighted by atomic mass is 9.76. The smallest absolute Gasteiger partial charge is 0.426 e. The summed E-state index contributed by atoms with van der Waals surface area (Å²) in [4.78, 5) is 21.3. The van der Waals surface area contributed by atoms with E-state index in [1.54, 1.807) is 36.7 Å². The van der Waals surface area contributed by atoms with Gasteiger partial charge in [0.1, 0.15) is 5.88 Å². The van der Waals surface area contributed by atoms with Crippen LogP contribution in [0.1, 0.15) is 24.8 Å². The quantitative estimate of drug-likeness (QED) is 0.195. The van der Waals surface area contributed by atoms with E-state index >= 15 is 0 Å². The van der Waals surface area contributed by atoms with Gasteiger partial charge in [-0.25, -0.2) is 8.42 Å². The Labute approximate surface area is 223 Å². The summed E-state index contributed by atoms with van der Waals surface area (Å²) in [7, 11) is -5.41. The molecule has 0 aliphatic heterocycles. The van der Waals surface area contributed by atoms with Crippen LogP contribution in [0.4, 0.5) is 11.4 Å². The van der Waals surface area contributed by atoms with Crippen LogP contribution in [0.2, 0.25) is 0 Å². The number of sulfone groups is 1. The molecule has 1 aliphatic rings. The minimum absolute atomic E-state index is 0.117. The van der Waals surface area contributed by atoms with Gasteiger partial charge in [-0.1, -0.05) is 43.2 Å². The second-order valence-electron chi connectivity index (χ2n) is 9.46. The normalized spacial score (nSPS) is 15.1. The second-order valence-corrected chi connectivity index (χ2v) is 11.4. The Hall–Kier alpha value is -3.54. The van der Waals surface area contributed by atoms with Crippen LogP contribution in [-0.4, -0.2) is 54.5 Å². The molecule has 2 unspecified atom stereocenters. The third-order valence-electron chi connectivity index (χ3n) is 6.32. The summed E-state index contributed by atoms with van der Waals surface area (Å²) in [5.74, 6) is -2.14. The summed E-state index contributed by atoms with van der Waals surface area (Å²) in [6, 6.07) is 19.3. The molecule has 4 rings (SSSR count). The molecule has 2 aromatic carbocycles. The Morgan fingerprint density at radius 3 is 2.32 bits per heavy atom. The molecule has 0 bridgehead atoms. The highest BCUT2D eigenvalue weighted by atomic mass is 32.2. The van der Waals surface area contributed by atoms with Crippen molar-refractivity contribution in [2.45, 2.75) is 36.5 Å². The van der Waals surface area contributed by atoms with Crippen molar-refractivity contribution in [3.05, 3.63) is 84.7 Å². The zero-order valence-corrected chi connectivity index (χ0v) is 21.7. The van der Waals surface area contributed by atoms with Gasteiger partial charge in [0.15, 0.2) is 9.84 Å². The van der Waals surface area contributed by atoms with E-state index in [2.05, 4.69) is 20.6 Å². The number of hydrogen-bond acceptors (Lipinski definition) is 8. The second kappa shape index (κ2) is 12.8. The first-order chi connectivity index (χ1) is 18.3. The van der Waals surface area contributed by atoms with Crippen molar-refractivity contribution in [2.75, 3.05) is 11.2 Å². The van der Waals surface area contributed by atoms with Crippen LogP contribution in [0.15, 0.2) is 89.0 Å². The van der Waals surface area contributed by atoms with Gasteiger partial charge in [-0.15, -0.1) is 0 Å². The number of anilines is 2. The van der Waals surface area contributed by atoms with Crippen molar-refractivity contribution in [1.82, 2.24) is 10.3 Å². The number of pyridine rings is 1. The monoisotopic (exact) mass is 534 g/mol. The molecule has 1 aromatic heterocycles. The van der Waals surface area contributed by atoms with E-state index < -0.39 is 40.6 Å². The molecule has 1 amide bonds. The molecule has 0 spiro atoms. The number of carbonyl (C=O) groups is 1. The lowest BCUT2D eigenvalue weighted by molar-refractivity contribution is -0.123. The predicted octanol–water partition coefficient (Wildman–Crippen LogP) is 2.78. The molecule has 1 fully saturated rings. The molecular formula is C27H31BN4O5S. The maximum Gasteiger partial charge on any atom is 0.475 e. The molecule has 1 saturated carbocycles. The molecule has 9 nitrogen and oxygen atoms in total. The molecule has 198 valence electrons. The highest BCUT2D eigenvalue weighted by Crippen LogP contribution is 2.33. The molecule has 4 N–H and O–H groups in total. The van der Waals surface area contributed by atoms with Gasteiger partial charge in [0.2, 0.25) is 5.91 Å². The topological polar surface area (TPSA) is 141 Å². The lowest BCUT2D eigenvalue weighted by Crippen LogP contribution is -2.49. The average Bonchev–Trinajstić information content (AvgIpc) is 3.73. The highest BCUT2D eigenvalue weighted by molar-refractivity contribution is 7.91. The van der Waals surface area contributed by atoms with Crippen LogP contribution in [0.5, 0.6) is 0 Å². The first kappa shape index (κ1) is 27.5. The van der Waals surface area contributed by atoms with E-state index in [1.807, 2.05) is 30.3 Å². The summed E-state index contributed by atoms with van der Waals surface area (Å²) in [5, 5.41) is 25.4. The number of carbonyl (C=O) groups excluding carboxylic acids is 1. The zero-order chi connectivity index (χ0) is 27.0. The van der Waals surface area contributed by atoms with Crippen molar-refractivity contribution in [2.24, 2.45) is 16.8 Å². The van der Waals surface area contributed by atoms with Gasteiger partial charge in [-0.2, -0.15) is 0 Å². The summed E-state index contributed by atoms with van der Waals surface area (Å²) in [5.41, 5.74) is 2.43. The first-order valence-electron chi connectivity index (χ1n) is 12.5. The molecule has 11 heteroatoms. The Morgan fingerprint density at radius 2 is 1.68 bits per heavy atom. The molecule has 3 aromatic rings. The highest BCUT2D eigenvalue weighted by Gasteiger charge is 2.34. The third-order valence-corrected chi connectivity index (χ3v) is 7.80. The lowest BCUT2D eigenvalue weighted by Gasteiger charge is -2.20. The summed E-state index contributed by atoms with van der Waals surface area (Å²) in [6.45, 7) is 0. The third kappa shape index (κ3) is 8.24. The standard InChI is InChI=1S/C27H31BN4O5S/c33-27(32-26(28(34)35)17-21-6-7-21)22(16-20-4-2-1-3-5-20)18-30-19-38(36,37)25-10-8-23(9-11-25)31-24-12-14-29-15-13-24/h1-5,8-15,18,21-22,26,34-35H,6-7,16-17,19H2,(H,29,31)(H,32,33). The molecular weight excluding hydrogens is 503 g/mol. The zero-order valence-electron chi connectivity index (χ0n) is 20.8. The molecule has 0 radical (unpaired) electrons. The number of aromatic nitrogens is 1. The van der Waals surface area contributed by atoms with Crippen molar-refractivity contribution < 1.29 is 23.3 Å². The van der Waals surface area contributed by atoms with Crippen LogP contribution < -0.4 is 10.6 Å². The van der Waals surface area contributed by atoms with Crippen molar-refractivity contribution >= 4 is 40.5 Å². The maximum absolute atomic E-state index is 13.1. The van der Waals surface area contributed by atoms with Gasteiger partial charge >= 0.3 is 7.12 Å². The fourth-order valence-electron chi connectivity index (χ4n) is 4.03. The molecule has 1 aliphatic carbocycles. The Bertz CT molecular complexity index is 1320. The fraction of sp³-hybridized carbons (Fsp3) is 0.296. The Morgan fingerprint density at radius 1 is 1.03 bits per heavy atom. The van der Waals surface area contributed by atoms with Gasteiger partial charge in [0.25, 0.3) is 0 Å². The molecule has 0 saturated heterocycles. The molecule has 1 heterocycles. The van der Waals surface area contributed by atoms with Crippen LogP contribution in [0, 0.1) is 11.8 Å². The van der Waals surface area contributed by atoms with Crippen LogP contribution in [0.25, 0.3) is 0 Å². The SMILES string of the molecule is O=C(NC(CC1CC1)B(O)O)C(C=NCS(=O)(=O)c1ccc(Nc2ccncc2)cc1)Cc1ccccc1. The minimum Gasteiger partial charge on any atom is -0.426 e. The number of rotatable bonds is 13. The number of aliphatic imine (C=N–C) groups is 1. The summed E-state index contributed by atoms with van der Waals surface area (Å²) in [6.07, 6.45) is 7.45. The number of nitrogens with zero attached hydrogens (tertiary/aromatic N) is 2. The van der Waals surface area contributed by atoms with Crippen LogP contribution in [0.3, 0.4) is 0 Å². The molecule has 2 atom stereocenters. The largest absolute Gasteiger partial charge is 0.475 e. The number of amides is 1. The van der Waals surface area contributed by atoms with E-state index in [0.29, 0.717) is 18.8 Å². The fourth-order valence-corrected chi connectivity index (χ4v) is 5.01. The number of benzene rings is 2. The summed E-state index contributed by atoms with van der Waals surface area (Å²) >= 11 is 0. The van der Waals surface area contributed by atoms with Crippen molar-refractivity contribution in [3.63, 3.8) is 0 Å². The van der Waals surface area contributed by atoms with Crippen molar-refractivity contribution in [3.8, 4) is 0 Å². The van der Waals surface area contributed by atoms with Crippen LogP contribution in [-0.2, 0) is 21.1 Å². The molecule has 38 heavy (non-hydrogen) atoms. The predicted molar refractivity (Wildman–Crippen MR) is 148 cm³/mol. The van der Waals surface area contributed by atoms with Gasteiger partial charge < -0.3 is 20.7 Å². The Kier molecular flexibility index (Phi) is 9.27. The minimum atomic E-state index is -3.74. The van der Waals surface area contributed by atoms with E-state index in [9.17, 15) is 23.3 Å². The average molecular weight is 534 g/mol. The van der Waals surface area contributed by atoms with E-state index in [0.717, 1.165) is 29.8 Å². The first-order valence-corrected chi connectivity index (χ1v) is 14.2. The van der Waals surface area contributed by atoms with Gasteiger partial charge in [-0.3, -0.25) is 14.8 Å². The van der Waals surface area contributed by atoms with E-state index in [-0.39, 0.29) is 4.90 Å². The summed E-state index contributed by atoms with van der Waals surface area (Å²) < 4.78 is 25.8.